The fourth-order valence-corrected chi connectivity index (χ4v) is 4.51. The van der Waals surface area contributed by atoms with Crippen LogP contribution in [0.1, 0.15) is 46.4 Å². The second kappa shape index (κ2) is 7.82. The second-order valence-electron chi connectivity index (χ2n) is 7.96. The number of rotatable bonds is 4. The lowest BCUT2D eigenvalue weighted by Gasteiger charge is -2.33. The molecule has 1 saturated heterocycles. The van der Waals surface area contributed by atoms with Crippen molar-refractivity contribution >= 4 is 16.9 Å². The number of carbonyl (C=O) groups is 1. The Morgan fingerprint density at radius 1 is 1.03 bits per heavy atom. The molecule has 0 unspecified atom stereocenters. The van der Waals surface area contributed by atoms with Crippen molar-refractivity contribution in [3.8, 4) is 0 Å². The zero-order chi connectivity index (χ0) is 20.5. The van der Waals surface area contributed by atoms with E-state index in [1.807, 2.05) is 24.0 Å². The lowest BCUT2D eigenvalue weighted by Crippen LogP contribution is -2.39. The number of aromatic nitrogens is 2. The van der Waals surface area contributed by atoms with Gasteiger partial charge in [-0.2, -0.15) is 0 Å². The number of hydrogen-bond donors (Lipinski definition) is 0. The van der Waals surface area contributed by atoms with Crippen LogP contribution in [0.25, 0.3) is 11.0 Å². The van der Waals surface area contributed by atoms with Gasteiger partial charge in [-0.05, 0) is 43.5 Å². The number of benzene rings is 2. The maximum atomic E-state index is 12.8. The van der Waals surface area contributed by atoms with Crippen molar-refractivity contribution in [3.63, 3.8) is 0 Å². The summed E-state index contributed by atoms with van der Waals surface area (Å²) in [7, 11) is 0. The van der Waals surface area contributed by atoms with Crippen LogP contribution in [-0.2, 0) is 6.42 Å². The average molecular weight is 399 g/mol. The average Bonchev–Trinajstić information content (AvgIpc) is 3.37. The maximum absolute atomic E-state index is 12.8. The number of carbonyl (C=O) groups excluding carboxylic acids is 1. The molecule has 5 heteroatoms. The molecule has 1 aliphatic rings. The minimum Gasteiger partial charge on any atom is -0.469 e. The van der Waals surface area contributed by atoms with E-state index in [1.165, 1.54) is 11.1 Å². The van der Waals surface area contributed by atoms with Crippen LogP contribution in [0.3, 0.4) is 0 Å². The van der Waals surface area contributed by atoms with Crippen LogP contribution < -0.4 is 0 Å². The first-order valence-electron chi connectivity index (χ1n) is 10.5. The smallest absolute Gasteiger partial charge is 0.257 e. The lowest BCUT2D eigenvalue weighted by molar-refractivity contribution is 0.0693. The Morgan fingerprint density at radius 2 is 1.77 bits per heavy atom. The van der Waals surface area contributed by atoms with E-state index in [-0.39, 0.29) is 5.91 Å². The molecule has 0 saturated carbocycles. The second-order valence-corrected chi connectivity index (χ2v) is 7.96. The van der Waals surface area contributed by atoms with Crippen molar-refractivity contribution in [2.45, 2.75) is 32.2 Å². The van der Waals surface area contributed by atoms with Crippen LogP contribution in [-0.4, -0.2) is 33.4 Å². The van der Waals surface area contributed by atoms with Crippen molar-refractivity contribution in [1.82, 2.24) is 14.5 Å². The van der Waals surface area contributed by atoms with E-state index in [9.17, 15) is 4.79 Å². The minimum atomic E-state index is 0.0692. The standard InChI is InChI=1S/C25H25N3O2/c1-18-21(13-16-30-18)25(29)27-14-11-20(12-15-27)28-23-10-6-5-9-22(23)26-24(28)17-19-7-3-2-4-8-19/h2-10,13,16,20H,11-12,14-15,17H2,1H3. The fourth-order valence-electron chi connectivity index (χ4n) is 4.51. The zero-order valence-corrected chi connectivity index (χ0v) is 17.1. The third-order valence-corrected chi connectivity index (χ3v) is 6.08. The number of fused-ring (bicyclic) bond motifs is 1. The van der Waals surface area contributed by atoms with Crippen molar-refractivity contribution in [2.75, 3.05) is 13.1 Å². The predicted molar refractivity (Wildman–Crippen MR) is 117 cm³/mol. The molecule has 4 aromatic rings. The van der Waals surface area contributed by atoms with Gasteiger partial charge in [0.1, 0.15) is 11.6 Å². The molecule has 1 aliphatic heterocycles. The zero-order valence-electron chi connectivity index (χ0n) is 17.1. The maximum Gasteiger partial charge on any atom is 0.257 e. The highest BCUT2D eigenvalue weighted by Crippen LogP contribution is 2.30. The summed E-state index contributed by atoms with van der Waals surface area (Å²) in [4.78, 5) is 19.8. The highest BCUT2D eigenvalue weighted by Gasteiger charge is 2.28. The van der Waals surface area contributed by atoms with Gasteiger partial charge in [-0.3, -0.25) is 4.79 Å². The Balaban J connectivity index is 1.40. The molecule has 1 amide bonds. The Labute approximate surface area is 175 Å². The van der Waals surface area contributed by atoms with Crippen LogP contribution in [0.2, 0.25) is 0 Å². The summed E-state index contributed by atoms with van der Waals surface area (Å²) in [5.74, 6) is 1.85. The Hall–Kier alpha value is -3.34. The number of para-hydroxylation sites is 2. The Kier molecular flexibility index (Phi) is 4.87. The summed E-state index contributed by atoms with van der Waals surface area (Å²) in [6.45, 7) is 3.32. The van der Waals surface area contributed by atoms with Gasteiger partial charge in [-0.25, -0.2) is 4.98 Å². The molecule has 1 fully saturated rings. The number of aryl methyl sites for hydroxylation is 1. The van der Waals surface area contributed by atoms with Gasteiger partial charge in [0.05, 0.1) is 22.9 Å². The summed E-state index contributed by atoms with van der Waals surface area (Å²) in [6, 6.07) is 21.0. The van der Waals surface area contributed by atoms with Gasteiger partial charge in [-0.15, -0.1) is 0 Å². The van der Waals surface area contributed by atoms with Crippen molar-refractivity contribution < 1.29 is 9.21 Å². The molecule has 5 rings (SSSR count). The largest absolute Gasteiger partial charge is 0.469 e. The molecule has 2 aromatic carbocycles. The molecule has 3 heterocycles. The van der Waals surface area contributed by atoms with Crippen LogP contribution in [0.4, 0.5) is 0 Å². The molecule has 0 atom stereocenters. The van der Waals surface area contributed by atoms with Gasteiger partial charge in [0.2, 0.25) is 0 Å². The first-order chi connectivity index (χ1) is 14.7. The number of hydrogen-bond acceptors (Lipinski definition) is 3. The molecule has 0 bridgehead atoms. The molecule has 0 aliphatic carbocycles. The summed E-state index contributed by atoms with van der Waals surface area (Å²) in [5, 5.41) is 0. The molecule has 0 N–H and O–H groups in total. The molecule has 5 nitrogen and oxygen atoms in total. The number of amides is 1. The van der Waals surface area contributed by atoms with Gasteiger partial charge < -0.3 is 13.9 Å². The lowest BCUT2D eigenvalue weighted by atomic mass is 10.0. The molecule has 152 valence electrons. The first-order valence-corrected chi connectivity index (χ1v) is 10.5. The van der Waals surface area contributed by atoms with E-state index < -0.39 is 0 Å². The topological polar surface area (TPSA) is 51.3 Å². The van der Waals surface area contributed by atoms with Crippen LogP contribution in [0.5, 0.6) is 0 Å². The number of furan rings is 1. The molecule has 2 aromatic heterocycles. The summed E-state index contributed by atoms with van der Waals surface area (Å²) < 4.78 is 7.73. The van der Waals surface area contributed by atoms with E-state index in [2.05, 4.69) is 47.0 Å². The van der Waals surface area contributed by atoms with E-state index in [0.29, 0.717) is 17.4 Å². The minimum absolute atomic E-state index is 0.0692. The van der Waals surface area contributed by atoms with E-state index in [0.717, 1.165) is 43.7 Å². The SMILES string of the molecule is Cc1occc1C(=O)N1CCC(n2c(Cc3ccccc3)nc3ccccc32)CC1. The molecular weight excluding hydrogens is 374 g/mol. The Bertz CT molecular complexity index is 1170. The van der Waals surface area contributed by atoms with Crippen molar-refractivity contribution in [3.05, 3.63) is 89.6 Å². The third kappa shape index (κ3) is 3.41. The van der Waals surface area contributed by atoms with Crippen molar-refractivity contribution in [1.29, 1.82) is 0 Å². The van der Waals surface area contributed by atoms with Crippen LogP contribution in [0.15, 0.2) is 71.3 Å². The van der Waals surface area contributed by atoms with E-state index >= 15 is 0 Å². The normalized spacial score (nSPS) is 15.0. The van der Waals surface area contributed by atoms with Gasteiger partial charge >= 0.3 is 0 Å². The fraction of sp³-hybridized carbons (Fsp3) is 0.280. The van der Waals surface area contributed by atoms with Gasteiger partial charge in [-0.1, -0.05) is 42.5 Å². The molecule has 30 heavy (non-hydrogen) atoms. The third-order valence-electron chi connectivity index (χ3n) is 6.08. The van der Waals surface area contributed by atoms with Gasteiger partial charge in [0.15, 0.2) is 0 Å². The number of nitrogens with zero attached hydrogens (tertiary/aromatic N) is 3. The van der Waals surface area contributed by atoms with Crippen LogP contribution >= 0.6 is 0 Å². The summed E-state index contributed by atoms with van der Waals surface area (Å²) >= 11 is 0. The summed E-state index contributed by atoms with van der Waals surface area (Å²) in [5.41, 5.74) is 4.15. The highest BCUT2D eigenvalue weighted by molar-refractivity contribution is 5.95. The van der Waals surface area contributed by atoms with Gasteiger partial charge in [0.25, 0.3) is 5.91 Å². The number of piperidine rings is 1. The highest BCUT2D eigenvalue weighted by atomic mass is 16.3. The van der Waals surface area contributed by atoms with E-state index in [4.69, 9.17) is 9.40 Å². The molecule has 0 radical (unpaired) electrons. The van der Waals surface area contributed by atoms with E-state index in [1.54, 1.807) is 12.3 Å². The first kappa shape index (κ1) is 18.7. The number of imidazole rings is 1. The summed E-state index contributed by atoms with van der Waals surface area (Å²) in [6.07, 6.45) is 4.24. The quantitative estimate of drug-likeness (QED) is 0.485. The predicted octanol–water partition coefficient (Wildman–Crippen LogP) is 5.01. The molecule has 0 spiro atoms. The monoisotopic (exact) mass is 399 g/mol. The van der Waals surface area contributed by atoms with Crippen LogP contribution in [0, 0.1) is 6.92 Å². The molecular formula is C25H25N3O2. The van der Waals surface area contributed by atoms with Crippen molar-refractivity contribution in [2.24, 2.45) is 0 Å². The Morgan fingerprint density at radius 3 is 2.50 bits per heavy atom. The van der Waals surface area contributed by atoms with Gasteiger partial charge in [0, 0.05) is 25.6 Å². The number of likely N-dealkylation sites (tertiary alicyclic amines) is 1.